The van der Waals surface area contributed by atoms with Gasteiger partial charge in [-0.1, -0.05) is 6.07 Å². The molecule has 1 aromatic carbocycles. The van der Waals surface area contributed by atoms with Crippen LogP contribution in [0.2, 0.25) is 0 Å². The molecule has 14 heavy (non-hydrogen) atoms. The Hall–Kier alpha value is -1.67. The summed E-state index contributed by atoms with van der Waals surface area (Å²) in [6.07, 6.45) is 0.185. The summed E-state index contributed by atoms with van der Waals surface area (Å²) in [5, 5.41) is 10.9. The minimum absolute atomic E-state index is 0.0110. The van der Waals surface area contributed by atoms with Crippen LogP contribution in [0.1, 0.15) is 5.56 Å². The number of anilines is 1. The largest absolute Gasteiger partial charge is 0.376 e. The van der Waals surface area contributed by atoms with Gasteiger partial charge < -0.3 is 11.1 Å². The second-order valence-corrected chi connectivity index (χ2v) is 3.08. The van der Waals surface area contributed by atoms with Crippen LogP contribution in [0.15, 0.2) is 18.2 Å². The van der Waals surface area contributed by atoms with Gasteiger partial charge >= 0.3 is 0 Å². The quantitative estimate of drug-likeness (QED) is 0.725. The van der Waals surface area contributed by atoms with Gasteiger partial charge in [-0.3, -0.25) is 0 Å². The average molecular weight is 209 g/mol. The summed E-state index contributed by atoms with van der Waals surface area (Å²) < 4.78 is 13.2. The molecule has 3 nitrogen and oxygen atoms in total. The first kappa shape index (κ1) is 10.4. The first-order chi connectivity index (χ1) is 6.63. The maximum Gasteiger partial charge on any atom is 0.168 e. The molecular weight excluding hydrogens is 201 g/mol. The van der Waals surface area contributed by atoms with Crippen LogP contribution >= 0.6 is 12.2 Å². The van der Waals surface area contributed by atoms with Crippen LogP contribution in [-0.4, -0.2) is 5.11 Å². The highest BCUT2D eigenvalue weighted by Gasteiger charge is 2.03. The minimum atomic E-state index is -0.467. The molecule has 72 valence electrons. The lowest BCUT2D eigenvalue weighted by Gasteiger charge is -2.05. The van der Waals surface area contributed by atoms with Gasteiger partial charge in [0.25, 0.3) is 0 Å². The van der Waals surface area contributed by atoms with Crippen molar-refractivity contribution in [2.24, 2.45) is 5.73 Å². The van der Waals surface area contributed by atoms with Crippen molar-refractivity contribution in [2.75, 3.05) is 5.32 Å². The Morgan fingerprint density at radius 2 is 2.36 bits per heavy atom. The molecule has 3 N–H and O–H groups in total. The van der Waals surface area contributed by atoms with Crippen LogP contribution in [0.3, 0.4) is 0 Å². The molecule has 0 aliphatic rings. The van der Waals surface area contributed by atoms with E-state index in [4.69, 9.17) is 11.0 Å². The molecule has 0 heterocycles. The summed E-state index contributed by atoms with van der Waals surface area (Å²) in [7, 11) is 0. The molecule has 0 aliphatic heterocycles. The van der Waals surface area contributed by atoms with Crippen LogP contribution in [0.5, 0.6) is 0 Å². The third-order valence-corrected chi connectivity index (χ3v) is 1.68. The lowest BCUT2D eigenvalue weighted by Crippen LogP contribution is -2.19. The normalized spacial score (nSPS) is 9.14. The highest BCUT2D eigenvalue weighted by Crippen LogP contribution is 2.15. The van der Waals surface area contributed by atoms with Gasteiger partial charge in [-0.15, -0.1) is 0 Å². The number of thiocarbonyl (C=S) groups is 1. The van der Waals surface area contributed by atoms with Gasteiger partial charge in [0, 0.05) is 0 Å². The summed E-state index contributed by atoms with van der Waals surface area (Å²) >= 11 is 4.57. The zero-order chi connectivity index (χ0) is 10.6. The topological polar surface area (TPSA) is 61.8 Å². The van der Waals surface area contributed by atoms with Crippen molar-refractivity contribution in [3.05, 3.63) is 29.6 Å². The van der Waals surface area contributed by atoms with Crippen molar-refractivity contribution >= 4 is 23.0 Å². The Balaban J connectivity index is 2.90. The van der Waals surface area contributed by atoms with Gasteiger partial charge in [0.1, 0.15) is 5.82 Å². The van der Waals surface area contributed by atoms with E-state index in [9.17, 15) is 4.39 Å². The fraction of sp³-hybridized carbons (Fsp3) is 0.111. The van der Waals surface area contributed by atoms with Crippen LogP contribution in [-0.2, 0) is 6.42 Å². The minimum Gasteiger partial charge on any atom is -0.376 e. The molecule has 0 unspecified atom stereocenters. The Labute approximate surface area is 86.3 Å². The molecule has 0 aromatic heterocycles. The number of nitriles is 1. The fourth-order valence-electron chi connectivity index (χ4n) is 0.994. The van der Waals surface area contributed by atoms with E-state index < -0.39 is 5.82 Å². The molecule has 0 fully saturated rings. The summed E-state index contributed by atoms with van der Waals surface area (Å²) in [6, 6.07) is 6.36. The highest BCUT2D eigenvalue weighted by atomic mass is 32.1. The van der Waals surface area contributed by atoms with Gasteiger partial charge in [0.2, 0.25) is 0 Å². The molecule has 0 amide bonds. The van der Waals surface area contributed by atoms with Crippen molar-refractivity contribution < 1.29 is 4.39 Å². The Kier molecular flexibility index (Phi) is 3.37. The summed E-state index contributed by atoms with van der Waals surface area (Å²) in [5.41, 5.74) is 6.04. The number of nitrogens with zero attached hydrogens (tertiary/aromatic N) is 1. The molecule has 0 radical (unpaired) electrons. The SMILES string of the molecule is N#CCc1ccc(NC(N)=S)c(F)c1. The van der Waals surface area contributed by atoms with Crippen molar-refractivity contribution in [1.82, 2.24) is 0 Å². The van der Waals surface area contributed by atoms with Crippen molar-refractivity contribution in [2.45, 2.75) is 6.42 Å². The Morgan fingerprint density at radius 3 is 2.86 bits per heavy atom. The van der Waals surface area contributed by atoms with Crippen molar-refractivity contribution in [3.63, 3.8) is 0 Å². The standard InChI is InChI=1S/C9H8FN3S/c10-7-5-6(3-4-11)1-2-8(7)13-9(12)14/h1-2,5H,3H2,(H3,12,13,14). The molecule has 0 aliphatic carbocycles. The Bertz CT molecular complexity index is 398. The molecule has 0 spiro atoms. The molecule has 0 saturated carbocycles. The number of nitrogens with two attached hydrogens (primary N) is 1. The third kappa shape index (κ3) is 2.68. The van der Waals surface area contributed by atoms with E-state index in [1.54, 1.807) is 6.07 Å². The number of benzene rings is 1. The van der Waals surface area contributed by atoms with E-state index in [0.717, 1.165) is 0 Å². The van der Waals surface area contributed by atoms with Crippen LogP contribution in [0.25, 0.3) is 0 Å². The summed E-state index contributed by atoms with van der Waals surface area (Å²) in [6.45, 7) is 0. The molecule has 0 saturated heterocycles. The van der Waals surface area contributed by atoms with E-state index in [1.807, 2.05) is 6.07 Å². The predicted molar refractivity (Wildman–Crippen MR) is 56.1 cm³/mol. The van der Waals surface area contributed by atoms with E-state index in [1.165, 1.54) is 12.1 Å². The van der Waals surface area contributed by atoms with Crippen LogP contribution < -0.4 is 11.1 Å². The molecule has 0 bridgehead atoms. The lowest BCUT2D eigenvalue weighted by molar-refractivity contribution is 0.630. The number of halogens is 1. The molecule has 1 rings (SSSR count). The molecule has 5 heteroatoms. The van der Waals surface area contributed by atoms with Gasteiger partial charge in [-0.25, -0.2) is 4.39 Å². The summed E-state index contributed by atoms with van der Waals surface area (Å²) in [4.78, 5) is 0. The van der Waals surface area contributed by atoms with E-state index in [0.29, 0.717) is 5.56 Å². The van der Waals surface area contributed by atoms with E-state index in [-0.39, 0.29) is 17.2 Å². The number of hydrogen-bond donors (Lipinski definition) is 2. The number of hydrogen-bond acceptors (Lipinski definition) is 2. The first-order valence-corrected chi connectivity index (χ1v) is 4.26. The summed E-state index contributed by atoms with van der Waals surface area (Å²) in [5.74, 6) is -0.467. The third-order valence-electron chi connectivity index (χ3n) is 1.57. The monoisotopic (exact) mass is 209 g/mol. The molecule has 0 atom stereocenters. The lowest BCUT2D eigenvalue weighted by atomic mass is 10.1. The average Bonchev–Trinajstić information content (AvgIpc) is 2.10. The van der Waals surface area contributed by atoms with E-state index >= 15 is 0 Å². The van der Waals surface area contributed by atoms with Gasteiger partial charge in [-0.05, 0) is 29.9 Å². The van der Waals surface area contributed by atoms with Gasteiger partial charge in [0.15, 0.2) is 5.11 Å². The number of rotatable bonds is 2. The van der Waals surface area contributed by atoms with Crippen LogP contribution in [0, 0.1) is 17.1 Å². The second-order valence-electron chi connectivity index (χ2n) is 2.64. The van der Waals surface area contributed by atoms with E-state index in [2.05, 4.69) is 17.5 Å². The highest BCUT2D eigenvalue weighted by molar-refractivity contribution is 7.80. The Morgan fingerprint density at radius 1 is 1.64 bits per heavy atom. The zero-order valence-electron chi connectivity index (χ0n) is 7.25. The maximum atomic E-state index is 13.2. The smallest absolute Gasteiger partial charge is 0.168 e. The fourth-order valence-corrected chi connectivity index (χ4v) is 1.10. The molecular formula is C9H8FN3S. The maximum absolute atomic E-state index is 13.2. The molecule has 1 aromatic rings. The number of nitrogens with one attached hydrogen (secondary N) is 1. The second kappa shape index (κ2) is 4.53. The predicted octanol–water partition coefficient (Wildman–Crippen LogP) is 1.55. The van der Waals surface area contributed by atoms with Gasteiger partial charge in [0.05, 0.1) is 18.2 Å². The van der Waals surface area contributed by atoms with Crippen LogP contribution in [0.4, 0.5) is 10.1 Å². The zero-order valence-corrected chi connectivity index (χ0v) is 8.07. The van der Waals surface area contributed by atoms with Crippen molar-refractivity contribution in [3.8, 4) is 6.07 Å². The van der Waals surface area contributed by atoms with Gasteiger partial charge in [-0.2, -0.15) is 5.26 Å². The first-order valence-electron chi connectivity index (χ1n) is 3.85. The van der Waals surface area contributed by atoms with Crippen molar-refractivity contribution in [1.29, 1.82) is 5.26 Å².